The Morgan fingerprint density at radius 2 is 0.701 bits per heavy atom. The summed E-state index contributed by atoms with van der Waals surface area (Å²) in [6.07, 6.45) is 0. The van der Waals surface area contributed by atoms with Crippen LogP contribution in [-0.4, -0.2) is 0 Å². The summed E-state index contributed by atoms with van der Waals surface area (Å²) >= 11 is 0. The molecule has 0 fully saturated rings. The van der Waals surface area contributed by atoms with Gasteiger partial charge in [0.1, 0.15) is 0 Å². The second-order valence-corrected chi connectivity index (χ2v) is 20.6. The molecule has 13 aromatic carbocycles. The highest BCUT2D eigenvalue weighted by Gasteiger charge is 2.48. The molecule has 0 saturated heterocycles. The molecule has 1 aliphatic carbocycles. The molecule has 0 amide bonds. The van der Waals surface area contributed by atoms with E-state index in [9.17, 15) is 0 Å². The third-order valence-electron chi connectivity index (χ3n) is 16.0. The van der Waals surface area contributed by atoms with E-state index >= 15 is 0 Å². The Morgan fingerprint density at radius 1 is 0.273 bits per heavy atom. The van der Waals surface area contributed by atoms with Gasteiger partial charge in [-0.2, -0.15) is 0 Å². The molecule has 2 nitrogen and oxygen atoms in total. The molecular formula is C75H54N2. The molecule has 0 heterocycles. The zero-order chi connectivity index (χ0) is 51.5. The molecule has 0 atom stereocenters. The molecule has 0 N–H and O–H groups in total. The summed E-state index contributed by atoms with van der Waals surface area (Å²) in [4.78, 5) is 4.92. The molecule has 77 heavy (non-hydrogen) atoms. The minimum atomic E-state index is -0.713. The number of fused-ring (bicyclic) bond motifs is 7. The third-order valence-corrected chi connectivity index (χ3v) is 16.0. The van der Waals surface area contributed by atoms with Crippen LogP contribution in [0.2, 0.25) is 0 Å². The number of hydrogen-bond acceptors (Lipinski definition) is 2. The number of benzene rings is 13. The zero-order valence-corrected chi connectivity index (χ0v) is 43.1. The topological polar surface area (TPSA) is 6.48 Å². The van der Waals surface area contributed by atoms with E-state index in [1.165, 1.54) is 99.1 Å². The van der Waals surface area contributed by atoms with Crippen LogP contribution in [0, 0.1) is 13.8 Å². The number of anilines is 6. The van der Waals surface area contributed by atoms with Gasteiger partial charge in [0.2, 0.25) is 0 Å². The van der Waals surface area contributed by atoms with Crippen molar-refractivity contribution < 1.29 is 0 Å². The Morgan fingerprint density at radius 3 is 1.25 bits per heavy atom. The maximum atomic E-state index is 2.53. The molecule has 0 spiro atoms. The van der Waals surface area contributed by atoms with Crippen molar-refractivity contribution in [1.29, 1.82) is 0 Å². The number of aryl methyl sites for hydroxylation is 2. The lowest BCUT2D eigenvalue weighted by Gasteiger charge is -2.36. The van der Waals surface area contributed by atoms with Crippen molar-refractivity contribution in [1.82, 2.24) is 0 Å². The van der Waals surface area contributed by atoms with Crippen LogP contribution in [0.5, 0.6) is 0 Å². The van der Waals surface area contributed by atoms with Crippen LogP contribution in [0.3, 0.4) is 0 Å². The lowest BCUT2D eigenvalue weighted by Crippen LogP contribution is -2.29. The molecule has 0 radical (unpaired) electrons. The van der Waals surface area contributed by atoms with Crippen LogP contribution in [0.1, 0.15) is 33.4 Å². The summed E-state index contributed by atoms with van der Waals surface area (Å²) in [5, 5.41) is 7.38. The fourth-order valence-electron chi connectivity index (χ4n) is 12.6. The summed E-state index contributed by atoms with van der Waals surface area (Å²) < 4.78 is 0. The predicted molar refractivity (Wildman–Crippen MR) is 326 cm³/mol. The SMILES string of the molecule is Cc1cccc(N(c2ccc(-c3cccc4ccccc34)cc2)c2ccc3c(c2)C(c2ccccc2)(c2ccccc2)c2cc(N(c4ccc(-c5cccc6ccccc56)cc4)c4cccc(C)c4)c4ccccc4c2-3)c1. The molecule has 1 aliphatic rings. The first-order valence-corrected chi connectivity index (χ1v) is 26.7. The molecule has 2 heteroatoms. The first kappa shape index (κ1) is 45.8. The van der Waals surface area contributed by atoms with Gasteiger partial charge in [-0.1, -0.05) is 224 Å². The highest BCUT2D eigenvalue weighted by molar-refractivity contribution is 6.11. The summed E-state index contributed by atoms with van der Waals surface area (Å²) in [6, 6.07) is 108. The average Bonchev–Trinajstić information content (AvgIpc) is 4.05. The van der Waals surface area contributed by atoms with Gasteiger partial charge in [-0.05, 0) is 174 Å². The molecule has 13 aromatic rings. The van der Waals surface area contributed by atoms with Crippen LogP contribution in [0.15, 0.2) is 291 Å². The fourth-order valence-corrected chi connectivity index (χ4v) is 12.6. The second-order valence-electron chi connectivity index (χ2n) is 20.6. The predicted octanol–water partition coefficient (Wildman–Crippen LogP) is 20.4. The van der Waals surface area contributed by atoms with Gasteiger partial charge in [0, 0.05) is 33.8 Å². The van der Waals surface area contributed by atoms with Crippen molar-refractivity contribution in [2.24, 2.45) is 0 Å². The number of nitrogens with zero attached hydrogens (tertiary/aromatic N) is 2. The summed E-state index contributed by atoms with van der Waals surface area (Å²) in [5.41, 5.74) is 20.6. The zero-order valence-electron chi connectivity index (χ0n) is 43.1. The summed E-state index contributed by atoms with van der Waals surface area (Å²) in [6.45, 7) is 4.37. The molecule has 0 unspecified atom stereocenters. The van der Waals surface area contributed by atoms with Crippen molar-refractivity contribution in [3.05, 3.63) is 325 Å². The van der Waals surface area contributed by atoms with Gasteiger partial charge in [-0.15, -0.1) is 0 Å². The van der Waals surface area contributed by atoms with Gasteiger partial charge in [-0.25, -0.2) is 0 Å². The first-order valence-electron chi connectivity index (χ1n) is 26.7. The van der Waals surface area contributed by atoms with E-state index in [0.717, 1.165) is 34.1 Å². The van der Waals surface area contributed by atoms with E-state index in [4.69, 9.17) is 0 Å². The average molecular weight is 983 g/mol. The lowest BCUT2D eigenvalue weighted by atomic mass is 9.67. The Labute approximate surface area is 451 Å². The minimum Gasteiger partial charge on any atom is -0.310 e. The standard InChI is InChI=1S/C75H54N2/c1-51-19-15-29-61(47-51)76(59-41-37-55(38-42-59)66-35-17-23-53-21-9-11-31-64(53)66)63-45-46-70-71(49-63)75(57-25-5-3-6-26-57,58-27-7-4-8-28-58)72-50-73(68-33-13-14-34-69(68)74(70)72)77(62-30-16-20-52(2)48-62)60-43-39-56(40-44-60)67-36-18-24-54-22-10-12-32-65(54)67/h3-50H,1-2H3. The maximum absolute atomic E-state index is 2.53. The van der Waals surface area contributed by atoms with E-state index in [1.54, 1.807) is 0 Å². The first-order chi connectivity index (χ1) is 38.0. The molecule has 0 aromatic heterocycles. The van der Waals surface area contributed by atoms with Crippen LogP contribution in [0.25, 0.3) is 65.7 Å². The smallest absolute Gasteiger partial charge is 0.0715 e. The van der Waals surface area contributed by atoms with Crippen LogP contribution in [0.4, 0.5) is 34.1 Å². The molecule has 364 valence electrons. The Bertz CT molecular complexity index is 4300. The molecule has 0 saturated carbocycles. The van der Waals surface area contributed by atoms with Gasteiger partial charge in [-0.3, -0.25) is 0 Å². The largest absolute Gasteiger partial charge is 0.310 e. The monoisotopic (exact) mass is 982 g/mol. The van der Waals surface area contributed by atoms with Gasteiger partial charge < -0.3 is 9.80 Å². The van der Waals surface area contributed by atoms with Crippen molar-refractivity contribution in [3.63, 3.8) is 0 Å². The molecule has 0 aliphatic heterocycles. The fraction of sp³-hybridized carbons (Fsp3) is 0.0400. The maximum Gasteiger partial charge on any atom is 0.0715 e. The van der Waals surface area contributed by atoms with Crippen LogP contribution >= 0.6 is 0 Å². The van der Waals surface area contributed by atoms with Crippen LogP contribution in [-0.2, 0) is 5.41 Å². The van der Waals surface area contributed by atoms with Crippen molar-refractivity contribution >= 4 is 66.4 Å². The lowest BCUT2D eigenvalue weighted by molar-refractivity contribution is 0.769. The quantitative estimate of drug-likeness (QED) is 0.135. The Kier molecular flexibility index (Phi) is 11.2. The minimum absolute atomic E-state index is 0.713. The van der Waals surface area contributed by atoms with E-state index in [-0.39, 0.29) is 0 Å². The second kappa shape index (κ2) is 18.9. The number of rotatable bonds is 10. The molecule has 14 rings (SSSR count). The molecule has 0 bridgehead atoms. The van der Waals surface area contributed by atoms with Gasteiger partial charge in [0.15, 0.2) is 0 Å². The van der Waals surface area contributed by atoms with Gasteiger partial charge in [0.25, 0.3) is 0 Å². The van der Waals surface area contributed by atoms with Crippen molar-refractivity contribution in [2.45, 2.75) is 19.3 Å². The highest BCUT2D eigenvalue weighted by atomic mass is 15.1. The summed E-state index contributed by atoms with van der Waals surface area (Å²) in [7, 11) is 0. The van der Waals surface area contributed by atoms with E-state index in [1.807, 2.05) is 0 Å². The highest BCUT2D eigenvalue weighted by Crippen LogP contribution is 2.61. The number of hydrogen-bond donors (Lipinski definition) is 0. The van der Waals surface area contributed by atoms with Gasteiger partial charge in [0.05, 0.1) is 11.1 Å². The van der Waals surface area contributed by atoms with Crippen molar-refractivity contribution in [2.75, 3.05) is 9.80 Å². The van der Waals surface area contributed by atoms with E-state index < -0.39 is 5.41 Å². The van der Waals surface area contributed by atoms with E-state index in [0.29, 0.717) is 0 Å². The Hall–Kier alpha value is -9.76. The third kappa shape index (κ3) is 7.71. The summed E-state index contributed by atoms with van der Waals surface area (Å²) in [5.74, 6) is 0. The van der Waals surface area contributed by atoms with Crippen molar-refractivity contribution in [3.8, 4) is 33.4 Å². The Balaban J connectivity index is 1.00. The molecular weight excluding hydrogens is 929 g/mol. The normalized spacial score (nSPS) is 12.4. The van der Waals surface area contributed by atoms with Gasteiger partial charge >= 0.3 is 0 Å². The van der Waals surface area contributed by atoms with Crippen LogP contribution < -0.4 is 9.80 Å². The van der Waals surface area contributed by atoms with E-state index in [2.05, 4.69) is 315 Å².